The molecule has 1 aliphatic rings. The molecule has 0 aromatic carbocycles. The zero-order valence-electron chi connectivity index (χ0n) is 10.6. The first-order valence-corrected chi connectivity index (χ1v) is 6.24. The highest BCUT2D eigenvalue weighted by molar-refractivity contribution is 5.92. The molecule has 1 aliphatic heterocycles. The Morgan fingerprint density at radius 3 is 3.06 bits per heavy atom. The summed E-state index contributed by atoms with van der Waals surface area (Å²) < 4.78 is 5.31. The molecule has 1 fully saturated rings. The van der Waals surface area contributed by atoms with Crippen molar-refractivity contribution in [3.63, 3.8) is 0 Å². The van der Waals surface area contributed by atoms with Gasteiger partial charge in [0.05, 0.1) is 6.61 Å². The van der Waals surface area contributed by atoms with E-state index in [0.29, 0.717) is 18.2 Å². The van der Waals surface area contributed by atoms with Crippen LogP contribution in [-0.2, 0) is 11.3 Å². The van der Waals surface area contributed by atoms with Gasteiger partial charge in [-0.15, -0.1) is 0 Å². The van der Waals surface area contributed by atoms with Gasteiger partial charge in [0, 0.05) is 31.3 Å². The fourth-order valence-corrected chi connectivity index (χ4v) is 2.03. The van der Waals surface area contributed by atoms with Gasteiger partial charge in [-0.1, -0.05) is 6.07 Å². The van der Waals surface area contributed by atoms with E-state index in [2.05, 4.69) is 10.3 Å². The minimum absolute atomic E-state index is 0.107. The number of ether oxygens (including phenoxy) is 1. The van der Waals surface area contributed by atoms with Gasteiger partial charge in [0.2, 0.25) is 0 Å². The number of hydrogen-bond donors (Lipinski definition) is 2. The van der Waals surface area contributed by atoms with Crippen molar-refractivity contribution in [1.82, 2.24) is 10.3 Å². The topological polar surface area (TPSA) is 77.2 Å². The van der Waals surface area contributed by atoms with Crippen molar-refractivity contribution in [1.29, 1.82) is 0 Å². The quantitative estimate of drug-likeness (QED) is 0.823. The summed E-state index contributed by atoms with van der Waals surface area (Å²) in [5, 5.41) is 2.96. The average Bonchev–Trinajstić information content (AvgIpc) is 2.92. The molecule has 0 aliphatic carbocycles. The normalized spacial score (nSPS) is 20.7. The second-order valence-electron chi connectivity index (χ2n) is 4.64. The molecule has 0 saturated carbocycles. The highest BCUT2D eigenvalue weighted by Crippen LogP contribution is 2.16. The lowest BCUT2D eigenvalue weighted by Gasteiger charge is -2.18. The van der Waals surface area contributed by atoms with Crippen LogP contribution >= 0.6 is 0 Å². The Labute approximate surface area is 107 Å². The van der Waals surface area contributed by atoms with Gasteiger partial charge in [0.1, 0.15) is 5.69 Å². The van der Waals surface area contributed by atoms with E-state index in [9.17, 15) is 4.79 Å². The Kier molecular flexibility index (Phi) is 4.28. The standard InChI is InChI=1S/C13H19N3O2/c1-9(11-4-5-18-8-11)16-13(17)12-3-2-10(6-14)7-15-12/h2-3,7,9,11H,4-6,8,14H2,1H3,(H,16,17). The first kappa shape index (κ1) is 13.0. The number of hydrogen-bond acceptors (Lipinski definition) is 4. The predicted octanol–water partition coefficient (Wildman–Crippen LogP) is 0.695. The maximum Gasteiger partial charge on any atom is 0.270 e. The van der Waals surface area contributed by atoms with Crippen LogP contribution in [0.5, 0.6) is 0 Å². The zero-order valence-corrected chi connectivity index (χ0v) is 10.6. The van der Waals surface area contributed by atoms with Crippen LogP contribution in [0, 0.1) is 5.92 Å². The van der Waals surface area contributed by atoms with E-state index >= 15 is 0 Å². The molecule has 0 bridgehead atoms. The van der Waals surface area contributed by atoms with Crippen LogP contribution in [0.4, 0.5) is 0 Å². The fraction of sp³-hybridized carbons (Fsp3) is 0.538. The first-order valence-electron chi connectivity index (χ1n) is 6.24. The van der Waals surface area contributed by atoms with Crippen LogP contribution in [0.25, 0.3) is 0 Å². The van der Waals surface area contributed by atoms with Crippen LogP contribution in [0.15, 0.2) is 18.3 Å². The van der Waals surface area contributed by atoms with E-state index in [1.54, 1.807) is 12.3 Å². The van der Waals surface area contributed by atoms with Gasteiger partial charge < -0.3 is 15.8 Å². The number of pyridine rings is 1. The van der Waals surface area contributed by atoms with Crippen LogP contribution < -0.4 is 11.1 Å². The summed E-state index contributed by atoms with van der Waals surface area (Å²) in [5.41, 5.74) is 6.83. The Morgan fingerprint density at radius 2 is 2.50 bits per heavy atom. The molecule has 1 aromatic heterocycles. The van der Waals surface area contributed by atoms with Gasteiger partial charge in [0.15, 0.2) is 0 Å². The molecule has 98 valence electrons. The van der Waals surface area contributed by atoms with Gasteiger partial charge in [-0.25, -0.2) is 0 Å². The molecule has 2 rings (SSSR count). The molecule has 1 amide bonds. The van der Waals surface area contributed by atoms with Crippen molar-refractivity contribution < 1.29 is 9.53 Å². The molecule has 18 heavy (non-hydrogen) atoms. The molecular formula is C13H19N3O2. The summed E-state index contributed by atoms with van der Waals surface area (Å²) in [6, 6.07) is 3.64. The van der Waals surface area contributed by atoms with Gasteiger partial charge in [-0.05, 0) is 25.0 Å². The Balaban J connectivity index is 1.93. The maximum absolute atomic E-state index is 12.0. The second-order valence-corrected chi connectivity index (χ2v) is 4.64. The third-order valence-corrected chi connectivity index (χ3v) is 3.32. The number of nitrogens with two attached hydrogens (primary N) is 1. The highest BCUT2D eigenvalue weighted by Gasteiger charge is 2.24. The van der Waals surface area contributed by atoms with E-state index in [1.807, 2.05) is 13.0 Å². The van der Waals surface area contributed by atoms with Crippen molar-refractivity contribution in [2.75, 3.05) is 13.2 Å². The fourth-order valence-electron chi connectivity index (χ4n) is 2.03. The van der Waals surface area contributed by atoms with E-state index < -0.39 is 0 Å². The minimum atomic E-state index is -0.141. The zero-order chi connectivity index (χ0) is 13.0. The lowest BCUT2D eigenvalue weighted by molar-refractivity contribution is 0.0917. The monoisotopic (exact) mass is 249 g/mol. The minimum Gasteiger partial charge on any atom is -0.381 e. The third kappa shape index (κ3) is 3.05. The van der Waals surface area contributed by atoms with Crippen LogP contribution in [0.2, 0.25) is 0 Å². The molecule has 5 nitrogen and oxygen atoms in total. The second kappa shape index (κ2) is 5.93. The molecule has 0 spiro atoms. The Bertz CT molecular complexity index is 399. The molecule has 0 radical (unpaired) electrons. The summed E-state index contributed by atoms with van der Waals surface area (Å²) in [5.74, 6) is 0.259. The van der Waals surface area contributed by atoms with Crippen molar-refractivity contribution in [2.45, 2.75) is 25.9 Å². The molecule has 3 N–H and O–H groups in total. The van der Waals surface area contributed by atoms with Gasteiger partial charge in [-0.3, -0.25) is 9.78 Å². The Morgan fingerprint density at radius 1 is 1.67 bits per heavy atom. The van der Waals surface area contributed by atoms with Gasteiger partial charge >= 0.3 is 0 Å². The summed E-state index contributed by atoms with van der Waals surface area (Å²) in [6.07, 6.45) is 2.64. The van der Waals surface area contributed by atoms with Crippen LogP contribution in [0.1, 0.15) is 29.4 Å². The van der Waals surface area contributed by atoms with E-state index in [-0.39, 0.29) is 11.9 Å². The third-order valence-electron chi connectivity index (χ3n) is 3.32. The SMILES string of the molecule is CC(NC(=O)c1ccc(CN)cn1)C1CCOC1. The number of amides is 1. The van der Waals surface area contributed by atoms with E-state index in [4.69, 9.17) is 10.5 Å². The number of rotatable bonds is 4. The molecule has 1 saturated heterocycles. The number of carbonyl (C=O) groups excluding carboxylic acids is 1. The van der Waals surface area contributed by atoms with Gasteiger partial charge in [0.25, 0.3) is 5.91 Å². The molecule has 5 heteroatoms. The summed E-state index contributed by atoms with van der Waals surface area (Å²) in [4.78, 5) is 16.1. The number of nitrogens with zero attached hydrogens (tertiary/aromatic N) is 1. The molecule has 2 heterocycles. The van der Waals surface area contributed by atoms with Crippen molar-refractivity contribution >= 4 is 5.91 Å². The molecule has 2 unspecified atom stereocenters. The Hall–Kier alpha value is -1.46. The lowest BCUT2D eigenvalue weighted by atomic mass is 10.0. The summed E-state index contributed by atoms with van der Waals surface area (Å²) >= 11 is 0. The molecule has 2 atom stereocenters. The smallest absolute Gasteiger partial charge is 0.270 e. The van der Waals surface area contributed by atoms with Crippen LogP contribution in [-0.4, -0.2) is 30.1 Å². The summed E-state index contributed by atoms with van der Waals surface area (Å²) in [7, 11) is 0. The average molecular weight is 249 g/mol. The number of nitrogens with one attached hydrogen (secondary N) is 1. The molecule has 1 aromatic rings. The van der Waals surface area contributed by atoms with Crippen molar-refractivity contribution in [3.05, 3.63) is 29.6 Å². The van der Waals surface area contributed by atoms with Crippen molar-refractivity contribution in [2.24, 2.45) is 11.7 Å². The summed E-state index contributed by atoms with van der Waals surface area (Å²) in [6.45, 7) is 3.95. The van der Waals surface area contributed by atoms with E-state index in [0.717, 1.165) is 25.2 Å². The highest BCUT2D eigenvalue weighted by atomic mass is 16.5. The van der Waals surface area contributed by atoms with Crippen LogP contribution in [0.3, 0.4) is 0 Å². The first-order chi connectivity index (χ1) is 8.70. The lowest BCUT2D eigenvalue weighted by Crippen LogP contribution is -2.38. The molecular weight excluding hydrogens is 230 g/mol. The predicted molar refractivity (Wildman–Crippen MR) is 68.0 cm³/mol. The number of aromatic nitrogens is 1. The van der Waals surface area contributed by atoms with Crippen molar-refractivity contribution in [3.8, 4) is 0 Å². The maximum atomic E-state index is 12.0. The van der Waals surface area contributed by atoms with E-state index in [1.165, 1.54) is 0 Å². The number of carbonyl (C=O) groups is 1. The largest absolute Gasteiger partial charge is 0.381 e. The van der Waals surface area contributed by atoms with Gasteiger partial charge in [-0.2, -0.15) is 0 Å².